The lowest BCUT2D eigenvalue weighted by molar-refractivity contribution is -0.117. The summed E-state index contributed by atoms with van der Waals surface area (Å²) < 4.78 is 2.36. The Kier molecular flexibility index (Phi) is 4.16. The number of hydrogen-bond acceptors (Lipinski definition) is 4. The number of imidazole rings is 1. The van der Waals surface area contributed by atoms with Gasteiger partial charge in [-0.25, -0.2) is 4.98 Å². The fraction of sp³-hybridized carbons (Fsp3) is 0.524. The Hall–Kier alpha value is -2.34. The molecule has 0 radical (unpaired) electrons. The Balaban J connectivity index is 1.52. The number of carbonyl (C=O) groups is 1. The van der Waals surface area contributed by atoms with E-state index >= 15 is 0 Å². The van der Waals surface area contributed by atoms with Crippen LogP contribution in [0.2, 0.25) is 0 Å². The highest BCUT2D eigenvalue weighted by atomic mass is 16.2. The molecule has 3 heterocycles. The molecule has 0 atom stereocenters. The fourth-order valence-electron chi connectivity index (χ4n) is 4.24. The van der Waals surface area contributed by atoms with Crippen molar-refractivity contribution in [2.45, 2.75) is 38.8 Å². The van der Waals surface area contributed by atoms with Gasteiger partial charge in [-0.2, -0.15) is 0 Å². The third kappa shape index (κ3) is 3.23. The molecule has 1 aromatic heterocycles. The number of amides is 1. The van der Waals surface area contributed by atoms with E-state index in [1.54, 1.807) is 0 Å². The van der Waals surface area contributed by atoms with E-state index in [1.807, 2.05) is 12.3 Å². The van der Waals surface area contributed by atoms with Crippen LogP contribution in [0.4, 0.5) is 11.4 Å². The maximum atomic E-state index is 12.2. The van der Waals surface area contributed by atoms with Crippen molar-refractivity contribution in [1.29, 1.82) is 0 Å². The summed E-state index contributed by atoms with van der Waals surface area (Å²) in [4.78, 5) is 21.8. The first-order chi connectivity index (χ1) is 13.2. The predicted octanol–water partition coefficient (Wildman–Crippen LogP) is 2.94. The molecule has 0 bridgehead atoms. The summed E-state index contributed by atoms with van der Waals surface area (Å²) >= 11 is 0. The Morgan fingerprint density at radius 1 is 1.15 bits per heavy atom. The number of nitrogens with one attached hydrogen (secondary N) is 1. The summed E-state index contributed by atoms with van der Waals surface area (Å²) in [6.07, 6.45) is 6.52. The highest BCUT2D eigenvalue weighted by Crippen LogP contribution is 2.37. The first-order valence-electron chi connectivity index (χ1n) is 10.1. The highest BCUT2D eigenvalue weighted by molar-refractivity contribution is 5.95. The van der Waals surface area contributed by atoms with Gasteiger partial charge in [0, 0.05) is 55.6 Å². The molecule has 2 fully saturated rings. The molecule has 1 aromatic carbocycles. The number of likely N-dealkylation sites (N-methyl/N-ethyl adjacent to an activating group) is 1. The van der Waals surface area contributed by atoms with E-state index < -0.39 is 0 Å². The average molecular weight is 365 g/mol. The van der Waals surface area contributed by atoms with Crippen LogP contribution < -0.4 is 10.2 Å². The number of hydrogen-bond donors (Lipinski definition) is 1. The molecule has 142 valence electrons. The summed E-state index contributed by atoms with van der Waals surface area (Å²) in [5.41, 5.74) is 4.56. The lowest BCUT2D eigenvalue weighted by Crippen LogP contribution is -2.30. The Labute approximate surface area is 160 Å². The number of carbonyl (C=O) groups excluding carboxylic acids is 1. The second kappa shape index (κ2) is 6.68. The van der Waals surface area contributed by atoms with Crippen molar-refractivity contribution < 1.29 is 4.79 Å². The highest BCUT2D eigenvalue weighted by Gasteiger charge is 2.30. The topological polar surface area (TPSA) is 53.4 Å². The molecule has 1 amide bonds. The molecule has 1 aliphatic carbocycles. The molecule has 0 unspecified atom stereocenters. The summed E-state index contributed by atoms with van der Waals surface area (Å²) in [6, 6.07) is 6.33. The standard InChI is InChI=1S/C21H27N5O/c1-24-10-11-26-17(14-24)13-22-20(26)18-7-6-16(23-21(27)15-4-5-15)12-19(18)25-8-2-3-9-25/h6-7,12-13,15H,2-5,8-11,14H2,1H3,(H,23,27). The second-order valence-electron chi connectivity index (χ2n) is 8.15. The van der Waals surface area contributed by atoms with Crippen LogP contribution in [-0.2, 0) is 17.9 Å². The van der Waals surface area contributed by atoms with E-state index in [9.17, 15) is 4.79 Å². The molecular formula is C21H27N5O. The van der Waals surface area contributed by atoms with E-state index in [2.05, 4.69) is 38.9 Å². The number of fused-ring (bicyclic) bond motifs is 1. The minimum atomic E-state index is 0.163. The third-order valence-corrected chi connectivity index (χ3v) is 5.98. The van der Waals surface area contributed by atoms with E-state index in [1.165, 1.54) is 29.8 Å². The van der Waals surface area contributed by atoms with Crippen LogP contribution in [0.3, 0.4) is 0 Å². The van der Waals surface area contributed by atoms with Gasteiger partial charge in [-0.15, -0.1) is 0 Å². The summed E-state index contributed by atoms with van der Waals surface area (Å²) in [6.45, 7) is 5.11. The van der Waals surface area contributed by atoms with Crippen molar-refractivity contribution in [2.24, 2.45) is 5.92 Å². The molecule has 1 N–H and O–H groups in total. The van der Waals surface area contributed by atoms with Crippen LogP contribution in [0.5, 0.6) is 0 Å². The van der Waals surface area contributed by atoms with Gasteiger partial charge in [0.25, 0.3) is 0 Å². The molecule has 5 rings (SSSR count). The Morgan fingerprint density at radius 2 is 1.96 bits per heavy atom. The number of rotatable bonds is 4. The van der Waals surface area contributed by atoms with Crippen molar-refractivity contribution in [3.05, 3.63) is 30.1 Å². The maximum absolute atomic E-state index is 12.2. The minimum Gasteiger partial charge on any atom is -0.371 e. The van der Waals surface area contributed by atoms with E-state index in [0.717, 1.165) is 57.1 Å². The van der Waals surface area contributed by atoms with Crippen LogP contribution >= 0.6 is 0 Å². The predicted molar refractivity (Wildman–Crippen MR) is 107 cm³/mol. The Morgan fingerprint density at radius 3 is 2.74 bits per heavy atom. The zero-order valence-electron chi connectivity index (χ0n) is 15.9. The van der Waals surface area contributed by atoms with Gasteiger partial charge in [0.05, 0.1) is 11.9 Å². The summed E-state index contributed by atoms with van der Waals surface area (Å²) in [5, 5.41) is 3.11. The number of benzene rings is 1. The van der Waals surface area contributed by atoms with Crippen LogP contribution in [0.25, 0.3) is 11.4 Å². The molecule has 0 spiro atoms. The van der Waals surface area contributed by atoms with Crippen molar-refractivity contribution >= 4 is 17.3 Å². The van der Waals surface area contributed by atoms with Crippen LogP contribution in [0, 0.1) is 5.92 Å². The summed E-state index contributed by atoms with van der Waals surface area (Å²) in [5.74, 6) is 1.44. The van der Waals surface area contributed by atoms with Gasteiger partial charge in [-0.05, 0) is 50.9 Å². The van der Waals surface area contributed by atoms with Crippen LogP contribution in [0.1, 0.15) is 31.4 Å². The average Bonchev–Trinajstić information content (AvgIpc) is 3.22. The molecule has 6 heteroatoms. The zero-order valence-corrected chi connectivity index (χ0v) is 15.9. The van der Waals surface area contributed by atoms with Crippen molar-refractivity contribution in [3.8, 4) is 11.4 Å². The molecule has 6 nitrogen and oxygen atoms in total. The smallest absolute Gasteiger partial charge is 0.227 e. The number of nitrogens with zero attached hydrogens (tertiary/aromatic N) is 4. The van der Waals surface area contributed by atoms with E-state index in [-0.39, 0.29) is 11.8 Å². The van der Waals surface area contributed by atoms with Crippen LogP contribution in [0.15, 0.2) is 24.4 Å². The van der Waals surface area contributed by atoms with Gasteiger partial charge in [-0.1, -0.05) is 0 Å². The Bertz CT molecular complexity index is 863. The van der Waals surface area contributed by atoms with Gasteiger partial charge in [0.1, 0.15) is 5.82 Å². The first-order valence-corrected chi connectivity index (χ1v) is 10.1. The normalized spacial score (nSPS) is 20.0. The van der Waals surface area contributed by atoms with E-state index in [0.29, 0.717) is 0 Å². The SMILES string of the molecule is CN1CCn2c(cnc2-c2ccc(NC(=O)C3CC3)cc2N2CCCC2)C1. The third-order valence-electron chi connectivity index (χ3n) is 5.98. The minimum absolute atomic E-state index is 0.163. The van der Waals surface area contributed by atoms with Crippen molar-refractivity contribution in [1.82, 2.24) is 14.5 Å². The molecule has 1 saturated carbocycles. The molecule has 2 aromatic rings. The number of anilines is 2. The molecule has 1 saturated heterocycles. The fourth-order valence-corrected chi connectivity index (χ4v) is 4.24. The van der Waals surface area contributed by atoms with Gasteiger partial charge in [0.2, 0.25) is 5.91 Å². The second-order valence-corrected chi connectivity index (χ2v) is 8.15. The first kappa shape index (κ1) is 16.8. The summed E-state index contributed by atoms with van der Waals surface area (Å²) in [7, 11) is 2.16. The van der Waals surface area contributed by atoms with Gasteiger partial charge in [0.15, 0.2) is 0 Å². The maximum Gasteiger partial charge on any atom is 0.227 e. The van der Waals surface area contributed by atoms with Crippen molar-refractivity contribution in [3.63, 3.8) is 0 Å². The quantitative estimate of drug-likeness (QED) is 0.905. The largest absolute Gasteiger partial charge is 0.371 e. The van der Waals surface area contributed by atoms with Gasteiger partial charge in [-0.3, -0.25) is 9.69 Å². The van der Waals surface area contributed by atoms with Gasteiger partial charge >= 0.3 is 0 Å². The molecule has 27 heavy (non-hydrogen) atoms. The lowest BCUT2D eigenvalue weighted by Gasteiger charge is -2.27. The lowest BCUT2D eigenvalue weighted by atomic mass is 10.1. The molecular weight excluding hydrogens is 338 g/mol. The van der Waals surface area contributed by atoms with Gasteiger partial charge < -0.3 is 14.8 Å². The zero-order chi connectivity index (χ0) is 18.4. The molecule has 2 aliphatic heterocycles. The van der Waals surface area contributed by atoms with Crippen LogP contribution in [-0.4, -0.2) is 47.0 Å². The van der Waals surface area contributed by atoms with E-state index in [4.69, 9.17) is 4.98 Å². The molecule has 3 aliphatic rings. The monoisotopic (exact) mass is 365 g/mol. The number of aromatic nitrogens is 2. The van der Waals surface area contributed by atoms with Crippen molar-refractivity contribution in [2.75, 3.05) is 36.9 Å².